The third-order valence-corrected chi connectivity index (χ3v) is 3.48. The first-order chi connectivity index (χ1) is 11.7. The van der Waals surface area contributed by atoms with E-state index in [-0.39, 0.29) is 18.4 Å². The highest BCUT2D eigenvalue weighted by atomic mass is 16.2. The summed E-state index contributed by atoms with van der Waals surface area (Å²) >= 11 is 0. The molecule has 2 amide bonds. The lowest BCUT2D eigenvalue weighted by Gasteiger charge is -2.03. The summed E-state index contributed by atoms with van der Waals surface area (Å²) in [5.41, 5.74) is 2.32. The van der Waals surface area contributed by atoms with Crippen LogP contribution in [0.1, 0.15) is 27.9 Å². The van der Waals surface area contributed by atoms with Crippen molar-refractivity contribution in [2.45, 2.75) is 12.8 Å². The van der Waals surface area contributed by atoms with E-state index in [1.165, 1.54) is 0 Å². The standard InChI is InChI=1S/C20H20N2O2/c1-21-20(24)18-12-6-5-10-17(18)11-7-15-22-19(23)14-13-16-8-3-2-4-9-16/h2-6,8-10,12H,13-15H2,1H3,(H,21,24)(H,22,23). The molecule has 4 heteroatoms. The van der Waals surface area contributed by atoms with E-state index in [2.05, 4.69) is 22.5 Å². The Kier molecular flexibility index (Phi) is 6.60. The number of rotatable bonds is 5. The van der Waals surface area contributed by atoms with Crippen molar-refractivity contribution < 1.29 is 9.59 Å². The molecule has 2 rings (SSSR count). The number of nitrogens with one attached hydrogen (secondary N) is 2. The summed E-state index contributed by atoms with van der Waals surface area (Å²) in [6, 6.07) is 17.0. The smallest absolute Gasteiger partial charge is 0.252 e. The molecule has 0 spiro atoms. The summed E-state index contributed by atoms with van der Waals surface area (Å²) in [6.45, 7) is 0.260. The van der Waals surface area contributed by atoms with Crippen molar-refractivity contribution in [3.8, 4) is 11.8 Å². The zero-order valence-corrected chi connectivity index (χ0v) is 13.6. The Bertz CT molecular complexity index is 758. The van der Waals surface area contributed by atoms with E-state index in [1.807, 2.05) is 36.4 Å². The number of hydrogen-bond donors (Lipinski definition) is 2. The minimum atomic E-state index is -0.174. The highest BCUT2D eigenvalue weighted by Gasteiger charge is 2.06. The van der Waals surface area contributed by atoms with E-state index in [4.69, 9.17) is 0 Å². The Morgan fingerprint density at radius 3 is 2.46 bits per heavy atom. The lowest BCUT2D eigenvalue weighted by Crippen LogP contribution is -2.23. The van der Waals surface area contributed by atoms with Crippen molar-refractivity contribution in [3.05, 3.63) is 71.3 Å². The van der Waals surface area contributed by atoms with Gasteiger partial charge in [0.1, 0.15) is 0 Å². The number of carbonyl (C=O) groups excluding carboxylic acids is 2. The van der Waals surface area contributed by atoms with Crippen molar-refractivity contribution in [3.63, 3.8) is 0 Å². The van der Waals surface area contributed by atoms with Gasteiger partial charge in [-0.1, -0.05) is 54.3 Å². The lowest BCUT2D eigenvalue weighted by molar-refractivity contribution is -0.120. The monoisotopic (exact) mass is 320 g/mol. The molecule has 0 saturated heterocycles. The molecule has 0 aliphatic carbocycles. The molecule has 0 aromatic heterocycles. The average Bonchev–Trinajstić information content (AvgIpc) is 2.64. The van der Waals surface area contributed by atoms with Crippen LogP contribution in [-0.4, -0.2) is 25.4 Å². The van der Waals surface area contributed by atoms with Gasteiger partial charge < -0.3 is 10.6 Å². The zero-order valence-electron chi connectivity index (χ0n) is 13.6. The molecule has 2 N–H and O–H groups in total. The van der Waals surface area contributed by atoms with Gasteiger partial charge in [0.2, 0.25) is 5.91 Å². The number of amides is 2. The van der Waals surface area contributed by atoms with Crippen LogP contribution < -0.4 is 10.6 Å². The number of aryl methyl sites for hydroxylation is 1. The maximum absolute atomic E-state index is 11.8. The highest BCUT2D eigenvalue weighted by molar-refractivity contribution is 5.96. The third kappa shape index (κ3) is 5.29. The Hall–Kier alpha value is -3.06. The maximum atomic E-state index is 11.8. The van der Waals surface area contributed by atoms with Gasteiger partial charge in [-0.25, -0.2) is 0 Å². The first kappa shape index (κ1) is 17.3. The summed E-state index contributed by atoms with van der Waals surface area (Å²) in [5, 5.41) is 5.36. The molecular weight excluding hydrogens is 300 g/mol. The minimum absolute atomic E-state index is 0.0345. The fourth-order valence-electron chi connectivity index (χ4n) is 2.20. The van der Waals surface area contributed by atoms with Crippen LogP contribution in [0.15, 0.2) is 54.6 Å². The molecule has 122 valence electrons. The van der Waals surface area contributed by atoms with E-state index >= 15 is 0 Å². The summed E-state index contributed by atoms with van der Waals surface area (Å²) in [5.74, 6) is 5.61. The SMILES string of the molecule is CNC(=O)c1ccccc1C#CCNC(=O)CCc1ccccc1. The molecule has 2 aromatic carbocycles. The molecule has 0 saturated carbocycles. The minimum Gasteiger partial charge on any atom is -0.355 e. The number of hydrogen-bond acceptors (Lipinski definition) is 2. The molecule has 2 aromatic rings. The van der Waals surface area contributed by atoms with Crippen LogP contribution in [0.4, 0.5) is 0 Å². The number of carbonyl (C=O) groups is 2. The molecule has 0 radical (unpaired) electrons. The molecule has 0 atom stereocenters. The molecule has 0 aliphatic rings. The second-order valence-electron chi connectivity index (χ2n) is 5.19. The van der Waals surface area contributed by atoms with Gasteiger partial charge in [-0.2, -0.15) is 0 Å². The average molecular weight is 320 g/mol. The van der Waals surface area contributed by atoms with Crippen molar-refractivity contribution in [1.29, 1.82) is 0 Å². The molecule has 0 unspecified atom stereocenters. The summed E-state index contributed by atoms with van der Waals surface area (Å²) in [4.78, 5) is 23.6. The van der Waals surface area contributed by atoms with E-state index in [0.29, 0.717) is 24.0 Å². The molecule has 0 aliphatic heterocycles. The highest BCUT2D eigenvalue weighted by Crippen LogP contribution is 2.06. The van der Waals surface area contributed by atoms with Crippen molar-refractivity contribution >= 4 is 11.8 Å². The topological polar surface area (TPSA) is 58.2 Å². The predicted molar refractivity (Wildman–Crippen MR) is 94.5 cm³/mol. The first-order valence-corrected chi connectivity index (χ1v) is 7.81. The zero-order chi connectivity index (χ0) is 17.2. The van der Waals surface area contributed by atoms with Crippen molar-refractivity contribution in [2.24, 2.45) is 0 Å². The van der Waals surface area contributed by atoms with Crippen LogP contribution in [0.25, 0.3) is 0 Å². The van der Waals surface area contributed by atoms with Gasteiger partial charge in [0.15, 0.2) is 0 Å². The normalized spacial score (nSPS) is 9.54. The fraction of sp³-hybridized carbons (Fsp3) is 0.200. The lowest BCUT2D eigenvalue weighted by atomic mass is 10.1. The van der Waals surface area contributed by atoms with Gasteiger partial charge in [-0.15, -0.1) is 0 Å². The van der Waals surface area contributed by atoms with Crippen LogP contribution in [-0.2, 0) is 11.2 Å². The molecule has 0 fully saturated rings. The van der Waals surface area contributed by atoms with Gasteiger partial charge in [0.05, 0.1) is 12.1 Å². The van der Waals surface area contributed by atoms with Gasteiger partial charge in [0, 0.05) is 19.0 Å². The summed E-state index contributed by atoms with van der Waals surface area (Å²) < 4.78 is 0. The Labute approximate surface area is 142 Å². The van der Waals surface area contributed by atoms with Crippen LogP contribution in [0.5, 0.6) is 0 Å². The molecule has 24 heavy (non-hydrogen) atoms. The molecule has 0 bridgehead atoms. The van der Waals surface area contributed by atoms with Crippen molar-refractivity contribution in [1.82, 2.24) is 10.6 Å². The van der Waals surface area contributed by atoms with Gasteiger partial charge in [0.25, 0.3) is 5.91 Å². The first-order valence-electron chi connectivity index (χ1n) is 7.81. The second-order valence-corrected chi connectivity index (χ2v) is 5.19. The Balaban J connectivity index is 1.83. The van der Waals surface area contributed by atoms with E-state index in [0.717, 1.165) is 5.56 Å². The van der Waals surface area contributed by atoms with Crippen LogP contribution in [0, 0.1) is 11.8 Å². The van der Waals surface area contributed by atoms with E-state index < -0.39 is 0 Å². The molecule has 4 nitrogen and oxygen atoms in total. The van der Waals surface area contributed by atoms with Crippen LogP contribution >= 0.6 is 0 Å². The summed E-state index contributed by atoms with van der Waals surface area (Å²) in [7, 11) is 1.58. The van der Waals surface area contributed by atoms with Gasteiger partial charge in [-0.3, -0.25) is 9.59 Å². The van der Waals surface area contributed by atoms with E-state index in [9.17, 15) is 9.59 Å². The molecular formula is C20H20N2O2. The molecule has 0 heterocycles. The Morgan fingerprint density at radius 2 is 1.71 bits per heavy atom. The van der Waals surface area contributed by atoms with Gasteiger partial charge >= 0.3 is 0 Å². The third-order valence-electron chi connectivity index (χ3n) is 3.48. The maximum Gasteiger partial charge on any atom is 0.252 e. The van der Waals surface area contributed by atoms with E-state index in [1.54, 1.807) is 25.2 Å². The quantitative estimate of drug-likeness (QED) is 0.829. The predicted octanol–water partition coefficient (Wildman–Crippen LogP) is 2.15. The largest absolute Gasteiger partial charge is 0.355 e. The van der Waals surface area contributed by atoms with Crippen LogP contribution in [0.3, 0.4) is 0 Å². The van der Waals surface area contributed by atoms with Crippen molar-refractivity contribution in [2.75, 3.05) is 13.6 Å². The fourth-order valence-corrected chi connectivity index (χ4v) is 2.20. The number of benzene rings is 2. The summed E-state index contributed by atoms with van der Waals surface area (Å²) in [6.07, 6.45) is 1.14. The van der Waals surface area contributed by atoms with Crippen LogP contribution in [0.2, 0.25) is 0 Å². The Morgan fingerprint density at radius 1 is 1.00 bits per heavy atom. The second kappa shape index (κ2) is 9.16. The van der Waals surface area contributed by atoms with Gasteiger partial charge in [-0.05, 0) is 24.1 Å².